The Hall–Kier alpha value is -1.51. The van der Waals surface area contributed by atoms with Gasteiger partial charge in [0.1, 0.15) is 0 Å². The average Bonchev–Trinajstić information content (AvgIpc) is 2.45. The van der Waals surface area contributed by atoms with Gasteiger partial charge in [0, 0.05) is 16.7 Å². The first-order valence-corrected chi connectivity index (χ1v) is 8.79. The summed E-state index contributed by atoms with van der Waals surface area (Å²) in [6.45, 7) is 7.19. The van der Waals surface area contributed by atoms with Gasteiger partial charge in [-0.1, -0.05) is 26.0 Å². The van der Waals surface area contributed by atoms with E-state index in [4.69, 9.17) is 5.26 Å². The van der Waals surface area contributed by atoms with Gasteiger partial charge in [-0.05, 0) is 18.6 Å². The van der Waals surface area contributed by atoms with Crippen molar-refractivity contribution in [3.63, 3.8) is 0 Å². The summed E-state index contributed by atoms with van der Waals surface area (Å²) in [4.78, 5) is 14.6. The number of rotatable bonds is 5. The predicted octanol–water partition coefficient (Wildman–Crippen LogP) is 1.80. The highest BCUT2D eigenvalue weighted by molar-refractivity contribution is 7.99. The molecule has 5 heteroatoms. The molecule has 1 aliphatic heterocycles. The number of benzene rings is 1. The lowest BCUT2D eigenvalue weighted by molar-refractivity contribution is -0.904. The van der Waals surface area contributed by atoms with Gasteiger partial charge in [0.25, 0.3) is 5.91 Å². The summed E-state index contributed by atoms with van der Waals surface area (Å²) in [5, 5.41) is 11.7. The van der Waals surface area contributed by atoms with Gasteiger partial charge in [0.15, 0.2) is 6.54 Å². The highest BCUT2D eigenvalue weighted by Gasteiger charge is 2.26. The molecular formula is C17H24N3OS+. The van der Waals surface area contributed by atoms with E-state index in [9.17, 15) is 4.79 Å². The molecule has 1 amide bonds. The van der Waals surface area contributed by atoms with Crippen LogP contribution in [-0.2, 0) is 4.79 Å². The number of nitriles is 1. The minimum absolute atomic E-state index is 0.0568. The smallest absolute Gasteiger partial charge is 0.279 e. The quantitative estimate of drug-likeness (QED) is 0.814. The number of likely N-dealkylation sites (tertiary alicyclic amines) is 1. The van der Waals surface area contributed by atoms with E-state index in [1.807, 2.05) is 24.3 Å². The van der Waals surface area contributed by atoms with Gasteiger partial charge in [0.2, 0.25) is 0 Å². The third kappa shape index (κ3) is 5.04. The molecule has 0 aliphatic carbocycles. The molecule has 1 aromatic rings. The summed E-state index contributed by atoms with van der Waals surface area (Å²) in [6, 6.07) is 9.79. The molecule has 1 saturated heterocycles. The second-order valence-electron chi connectivity index (χ2n) is 6.27. The van der Waals surface area contributed by atoms with Gasteiger partial charge in [0.05, 0.1) is 30.6 Å². The molecule has 1 fully saturated rings. The average molecular weight is 318 g/mol. The van der Waals surface area contributed by atoms with Crippen molar-refractivity contribution in [3.05, 3.63) is 24.3 Å². The van der Waals surface area contributed by atoms with Crippen LogP contribution < -0.4 is 10.2 Å². The molecule has 2 atom stereocenters. The zero-order valence-electron chi connectivity index (χ0n) is 13.3. The monoisotopic (exact) mass is 318 g/mol. The minimum atomic E-state index is 0.0568. The Morgan fingerprint density at radius 3 is 2.73 bits per heavy atom. The fourth-order valence-electron chi connectivity index (χ4n) is 3.29. The number of piperidine rings is 1. The number of carbonyl (C=O) groups is 1. The van der Waals surface area contributed by atoms with Crippen LogP contribution >= 0.6 is 11.8 Å². The molecule has 1 heterocycles. The molecule has 0 unspecified atom stereocenters. The first-order chi connectivity index (χ1) is 10.6. The van der Waals surface area contributed by atoms with Gasteiger partial charge in [-0.3, -0.25) is 4.79 Å². The molecule has 2 N–H and O–H groups in total. The molecule has 0 aromatic heterocycles. The molecule has 1 aliphatic rings. The van der Waals surface area contributed by atoms with E-state index in [2.05, 4.69) is 25.2 Å². The second-order valence-corrected chi connectivity index (χ2v) is 7.29. The van der Waals surface area contributed by atoms with Crippen molar-refractivity contribution in [2.45, 2.75) is 25.2 Å². The van der Waals surface area contributed by atoms with Crippen LogP contribution in [0.3, 0.4) is 0 Å². The largest absolute Gasteiger partial charge is 0.327 e. The summed E-state index contributed by atoms with van der Waals surface area (Å²) < 4.78 is 0. The van der Waals surface area contributed by atoms with Crippen molar-refractivity contribution in [2.24, 2.45) is 11.8 Å². The van der Waals surface area contributed by atoms with E-state index in [0.29, 0.717) is 24.1 Å². The number of quaternary nitrogens is 1. The van der Waals surface area contributed by atoms with E-state index in [1.54, 1.807) is 0 Å². The molecule has 0 spiro atoms. The standard InChI is InChI=1S/C17H23N3OS/c1-13-9-14(2)11-20(10-13)12-17(21)19-15-5-3-4-6-16(15)22-8-7-18/h3-6,13-14H,8-12H2,1-2H3,(H,19,21)/p+1/t13-,14-/m1/s1. The first-order valence-electron chi connectivity index (χ1n) is 7.80. The Kier molecular flexibility index (Phi) is 6.29. The van der Waals surface area contributed by atoms with Crippen molar-refractivity contribution in [2.75, 3.05) is 30.7 Å². The number of amides is 1. The Morgan fingerprint density at radius 2 is 2.05 bits per heavy atom. The zero-order chi connectivity index (χ0) is 15.9. The number of carbonyl (C=O) groups excluding carboxylic acids is 1. The van der Waals surface area contributed by atoms with Crippen LogP contribution in [0.4, 0.5) is 5.69 Å². The molecule has 0 bridgehead atoms. The lowest BCUT2D eigenvalue weighted by Gasteiger charge is -2.31. The van der Waals surface area contributed by atoms with Crippen molar-refractivity contribution >= 4 is 23.4 Å². The van der Waals surface area contributed by atoms with Crippen LogP contribution in [0.1, 0.15) is 20.3 Å². The third-order valence-electron chi connectivity index (χ3n) is 3.94. The maximum atomic E-state index is 12.3. The van der Waals surface area contributed by atoms with Gasteiger partial charge in [-0.25, -0.2) is 0 Å². The van der Waals surface area contributed by atoms with E-state index < -0.39 is 0 Å². The van der Waals surface area contributed by atoms with Crippen LogP contribution in [0.5, 0.6) is 0 Å². The van der Waals surface area contributed by atoms with Gasteiger partial charge < -0.3 is 10.2 Å². The summed E-state index contributed by atoms with van der Waals surface area (Å²) in [5.74, 6) is 1.82. The molecule has 22 heavy (non-hydrogen) atoms. The van der Waals surface area contributed by atoms with E-state index in [-0.39, 0.29) is 5.91 Å². The SMILES string of the molecule is C[C@@H]1C[C@@H](C)C[NH+](CC(=O)Nc2ccccc2SCC#N)C1. The van der Waals surface area contributed by atoms with E-state index >= 15 is 0 Å². The molecule has 0 saturated carbocycles. The molecular weight excluding hydrogens is 294 g/mol. The number of nitrogens with zero attached hydrogens (tertiary/aromatic N) is 1. The van der Waals surface area contributed by atoms with Gasteiger partial charge >= 0.3 is 0 Å². The predicted molar refractivity (Wildman–Crippen MR) is 89.9 cm³/mol. The van der Waals surface area contributed by atoms with Gasteiger partial charge in [-0.15, -0.1) is 11.8 Å². The Labute approximate surface area is 136 Å². The van der Waals surface area contributed by atoms with Crippen LogP contribution in [0, 0.1) is 23.2 Å². The number of thioether (sulfide) groups is 1. The normalized spacial score (nSPS) is 24.5. The van der Waals surface area contributed by atoms with Crippen molar-refractivity contribution in [1.29, 1.82) is 5.26 Å². The van der Waals surface area contributed by atoms with Crippen LogP contribution in [0.2, 0.25) is 0 Å². The number of hydrogen-bond acceptors (Lipinski definition) is 3. The summed E-state index contributed by atoms with van der Waals surface area (Å²) in [6.07, 6.45) is 1.26. The fourth-order valence-corrected chi connectivity index (χ4v) is 3.96. The van der Waals surface area contributed by atoms with E-state index in [0.717, 1.165) is 23.7 Å². The number of para-hydroxylation sites is 1. The number of nitrogens with one attached hydrogen (secondary N) is 2. The fraction of sp³-hybridized carbons (Fsp3) is 0.529. The lowest BCUT2D eigenvalue weighted by atomic mass is 9.92. The maximum Gasteiger partial charge on any atom is 0.279 e. The molecule has 2 rings (SSSR count). The van der Waals surface area contributed by atoms with Crippen LogP contribution in [0.25, 0.3) is 0 Å². The topological polar surface area (TPSA) is 57.3 Å². The first kappa shape index (κ1) is 16.9. The summed E-state index contributed by atoms with van der Waals surface area (Å²) in [5.41, 5.74) is 0.810. The Balaban J connectivity index is 1.93. The minimum Gasteiger partial charge on any atom is -0.327 e. The second kappa shape index (κ2) is 8.21. The number of anilines is 1. The Morgan fingerprint density at radius 1 is 1.36 bits per heavy atom. The zero-order valence-corrected chi connectivity index (χ0v) is 14.1. The van der Waals surface area contributed by atoms with Crippen molar-refractivity contribution < 1.29 is 9.69 Å². The Bertz CT molecular complexity index is 545. The third-order valence-corrected chi connectivity index (χ3v) is 4.88. The van der Waals surface area contributed by atoms with Crippen LogP contribution in [-0.4, -0.2) is 31.3 Å². The van der Waals surface area contributed by atoms with Crippen molar-refractivity contribution in [3.8, 4) is 6.07 Å². The summed E-state index contributed by atoms with van der Waals surface area (Å²) in [7, 11) is 0. The molecule has 0 radical (unpaired) electrons. The maximum absolute atomic E-state index is 12.3. The highest BCUT2D eigenvalue weighted by atomic mass is 32.2. The van der Waals surface area contributed by atoms with Crippen molar-refractivity contribution in [1.82, 2.24) is 0 Å². The molecule has 118 valence electrons. The highest BCUT2D eigenvalue weighted by Crippen LogP contribution is 2.26. The van der Waals surface area contributed by atoms with Crippen LogP contribution in [0.15, 0.2) is 29.2 Å². The lowest BCUT2D eigenvalue weighted by Crippen LogP contribution is -3.15. The van der Waals surface area contributed by atoms with E-state index in [1.165, 1.54) is 23.1 Å². The summed E-state index contributed by atoms with van der Waals surface area (Å²) >= 11 is 1.45. The molecule has 1 aromatic carbocycles. The van der Waals surface area contributed by atoms with Gasteiger partial charge in [-0.2, -0.15) is 5.26 Å². The molecule has 4 nitrogen and oxygen atoms in total. The number of hydrogen-bond donors (Lipinski definition) is 2.